The molecule has 3 heterocycles. The van der Waals surface area contributed by atoms with Crippen LogP contribution in [-0.2, 0) is 0 Å². The Bertz CT molecular complexity index is 618. The van der Waals surface area contributed by atoms with Crippen LogP contribution in [0.5, 0.6) is 0 Å². The molecule has 3 rings (SSSR count). The summed E-state index contributed by atoms with van der Waals surface area (Å²) in [6.07, 6.45) is 4.35. The molecular formula is C14H17N3O2. The molecule has 2 aromatic heterocycles. The molecule has 1 aliphatic heterocycles. The van der Waals surface area contributed by atoms with E-state index < -0.39 is 5.60 Å². The van der Waals surface area contributed by atoms with Crippen molar-refractivity contribution in [1.29, 1.82) is 0 Å². The number of imidazole rings is 1. The second-order valence-electron chi connectivity index (χ2n) is 5.39. The van der Waals surface area contributed by atoms with E-state index >= 15 is 0 Å². The molecule has 0 saturated carbocycles. The first-order valence-corrected chi connectivity index (χ1v) is 6.50. The molecule has 1 aliphatic rings. The van der Waals surface area contributed by atoms with Gasteiger partial charge in [0.05, 0.1) is 5.60 Å². The highest BCUT2D eigenvalue weighted by Gasteiger charge is 2.31. The Morgan fingerprint density at radius 3 is 3.05 bits per heavy atom. The van der Waals surface area contributed by atoms with Crippen LogP contribution >= 0.6 is 0 Å². The Hall–Kier alpha value is -1.88. The van der Waals surface area contributed by atoms with E-state index in [9.17, 15) is 9.90 Å². The smallest absolute Gasteiger partial charge is 0.170 e. The van der Waals surface area contributed by atoms with Crippen LogP contribution in [-0.4, -0.2) is 39.5 Å². The summed E-state index contributed by atoms with van der Waals surface area (Å²) in [4.78, 5) is 17.9. The largest absolute Gasteiger partial charge is 0.388 e. The predicted octanol–water partition coefficient (Wildman–Crippen LogP) is 1.50. The van der Waals surface area contributed by atoms with Crippen molar-refractivity contribution in [1.82, 2.24) is 9.38 Å². The van der Waals surface area contributed by atoms with E-state index in [1.165, 1.54) is 0 Å². The number of pyridine rings is 1. The lowest BCUT2D eigenvalue weighted by Gasteiger charge is -2.37. The van der Waals surface area contributed by atoms with Crippen LogP contribution in [0.1, 0.15) is 30.3 Å². The van der Waals surface area contributed by atoms with Crippen LogP contribution in [0.25, 0.3) is 5.65 Å². The van der Waals surface area contributed by atoms with Crippen LogP contribution in [0.15, 0.2) is 24.4 Å². The molecule has 0 spiro atoms. The zero-order valence-corrected chi connectivity index (χ0v) is 10.9. The van der Waals surface area contributed by atoms with Gasteiger partial charge < -0.3 is 10.0 Å². The zero-order chi connectivity index (χ0) is 13.5. The highest BCUT2D eigenvalue weighted by atomic mass is 16.3. The maximum Gasteiger partial charge on any atom is 0.170 e. The standard InChI is InChI=1S/C14H17N3O2/c1-14(19)6-4-7-16(10-14)13-11(9-18)17-8-3-2-5-12(17)15-13/h2-3,5,8-9,19H,4,6-7,10H2,1H3. The highest BCUT2D eigenvalue weighted by molar-refractivity contribution is 5.83. The third-order valence-electron chi connectivity index (χ3n) is 3.63. The van der Waals surface area contributed by atoms with Gasteiger partial charge in [0, 0.05) is 19.3 Å². The van der Waals surface area contributed by atoms with Gasteiger partial charge in [-0.1, -0.05) is 6.07 Å². The molecule has 0 amide bonds. The number of hydrogen-bond donors (Lipinski definition) is 1. The predicted molar refractivity (Wildman–Crippen MR) is 72.7 cm³/mol. The normalized spacial score (nSPS) is 23.8. The monoisotopic (exact) mass is 259 g/mol. The second-order valence-corrected chi connectivity index (χ2v) is 5.39. The number of β-amino-alcohol motifs (C(OH)–C–C–N with tert-alkyl or cyclic N) is 1. The van der Waals surface area contributed by atoms with E-state index in [1.54, 1.807) is 4.40 Å². The average Bonchev–Trinajstić information content (AvgIpc) is 2.76. The minimum Gasteiger partial charge on any atom is -0.388 e. The fourth-order valence-electron chi connectivity index (χ4n) is 2.75. The molecule has 0 radical (unpaired) electrons. The first-order chi connectivity index (χ1) is 9.11. The lowest BCUT2D eigenvalue weighted by atomic mass is 9.95. The molecule has 2 aromatic rings. The van der Waals surface area contributed by atoms with E-state index in [0.717, 1.165) is 31.3 Å². The first-order valence-electron chi connectivity index (χ1n) is 6.50. The van der Waals surface area contributed by atoms with Crippen LogP contribution in [0.3, 0.4) is 0 Å². The van der Waals surface area contributed by atoms with Crippen molar-refractivity contribution < 1.29 is 9.90 Å². The number of carbonyl (C=O) groups is 1. The summed E-state index contributed by atoms with van der Waals surface area (Å²) >= 11 is 0. The molecular weight excluding hydrogens is 242 g/mol. The second kappa shape index (κ2) is 4.35. The van der Waals surface area contributed by atoms with Gasteiger partial charge in [0.25, 0.3) is 0 Å². The Morgan fingerprint density at radius 1 is 1.47 bits per heavy atom. The van der Waals surface area contributed by atoms with Gasteiger partial charge >= 0.3 is 0 Å². The van der Waals surface area contributed by atoms with Gasteiger partial charge in [0.2, 0.25) is 0 Å². The molecule has 1 fully saturated rings. The summed E-state index contributed by atoms with van der Waals surface area (Å²) in [6, 6.07) is 5.64. The van der Waals surface area contributed by atoms with E-state index in [4.69, 9.17) is 0 Å². The number of hydrogen-bond acceptors (Lipinski definition) is 4. The number of piperidine rings is 1. The lowest BCUT2D eigenvalue weighted by Crippen LogP contribution is -2.46. The summed E-state index contributed by atoms with van der Waals surface area (Å²) in [5, 5.41) is 10.2. The van der Waals surface area contributed by atoms with Crippen molar-refractivity contribution in [2.75, 3.05) is 18.0 Å². The van der Waals surface area contributed by atoms with Crippen molar-refractivity contribution in [2.24, 2.45) is 0 Å². The summed E-state index contributed by atoms with van der Waals surface area (Å²) < 4.78 is 1.78. The van der Waals surface area contributed by atoms with Crippen molar-refractivity contribution in [3.63, 3.8) is 0 Å². The SMILES string of the molecule is CC1(O)CCCN(c2nc3ccccn3c2C=O)C1. The first kappa shape index (κ1) is 12.2. The molecule has 0 bridgehead atoms. The van der Waals surface area contributed by atoms with Gasteiger partial charge in [-0.3, -0.25) is 9.20 Å². The lowest BCUT2D eigenvalue weighted by molar-refractivity contribution is 0.0446. The Labute approximate surface area is 111 Å². The zero-order valence-electron chi connectivity index (χ0n) is 10.9. The number of aromatic nitrogens is 2. The minimum absolute atomic E-state index is 0.512. The van der Waals surface area contributed by atoms with Gasteiger partial charge in [0.1, 0.15) is 11.3 Å². The Morgan fingerprint density at radius 2 is 2.32 bits per heavy atom. The molecule has 1 N–H and O–H groups in total. The van der Waals surface area contributed by atoms with E-state index in [-0.39, 0.29) is 0 Å². The molecule has 0 aliphatic carbocycles. The Kier molecular flexibility index (Phi) is 2.78. The van der Waals surface area contributed by atoms with Crippen LogP contribution in [0, 0.1) is 0 Å². The van der Waals surface area contributed by atoms with Gasteiger partial charge in [-0.2, -0.15) is 0 Å². The quantitative estimate of drug-likeness (QED) is 0.830. The van der Waals surface area contributed by atoms with Gasteiger partial charge in [-0.15, -0.1) is 0 Å². The topological polar surface area (TPSA) is 57.8 Å². The molecule has 100 valence electrons. The minimum atomic E-state index is -0.714. The third kappa shape index (κ3) is 2.10. The number of nitrogens with zero attached hydrogens (tertiary/aromatic N) is 3. The molecule has 19 heavy (non-hydrogen) atoms. The van der Waals surface area contributed by atoms with E-state index in [2.05, 4.69) is 4.98 Å². The van der Waals surface area contributed by atoms with Crippen LogP contribution in [0.2, 0.25) is 0 Å². The molecule has 0 aromatic carbocycles. The summed E-state index contributed by atoms with van der Waals surface area (Å²) in [7, 11) is 0. The molecule has 1 saturated heterocycles. The number of aliphatic hydroxyl groups is 1. The summed E-state index contributed by atoms with van der Waals surface area (Å²) in [6.45, 7) is 3.16. The maximum absolute atomic E-state index is 11.4. The van der Waals surface area contributed by atoms with Gasteiger partial charge in [-0.25, -0.2) is 4.98 Å². The third-order valence-corrected chi connectivity index (χ3v) is 3.63. The van der Waals surface area contributed by atoms with Crippen molar-refractivity contribution >= 4 is 17.8 Å². The Balaban J connectivity index is 2.07. The molecule has 5 heteroatoms. The molecule has 1 unspecified atom stereocenters. The number of aldehydes is 1. The van der Waals surface area contributed by atoms with E-state index in [1.807, 2.05) is 36.2 Å². The number of fused-ring (bicyclic) bond motifs is 1. The van der Waals surface area contributed by atoms with E-state index in [0.29, 0.717) is 18.1 Å². The van der Waals surface area contributed by atoms with Crippen molar-refractivity contribution in [3.8, 4) is 0 Å². The molecule has 1 atom stereocenters. The fourth-order valence-corrected chi connectivity index (χ4v) is 2.75. The van der Waals surface area contributed by atoms with Gasteiger partial charge in [-0.05, 0) is 31.9 Å². The maximum atomic E-state index is 11.4. The summed E-state index contributed by atoms with van der Waals surface area (Å²) in [5.74, 6) is 0.668. The summed E-state index contributed by atoms with van der Waals surface area (Å²) in [5.41, 5.74) is 0.590. The number of rotatable bonds is 2. The fraction of sp³-hybridized carbons (Fsp3) is 0.429. The number of anilines is 1. The van der Waals surface area contributed by atoms with Crippen LogP contribution < -0.4 is 4.90 Å². The average molecular weight is 259 g/mol. The molecule has 5 nitrogen and oxygen atoms in total. The van der Waals surface area contributed by atoms with Gasteiger partial charge in [0.15, 0.2) is 12.1 Å². The van der Waals surface area contributed by atoms with Crippen LogP contribution in [0.4, 0.5) is 5.82 Å². The van der Waals surface area contributed by atoms with Crippen molar-refractivity contribution in [3.05, 3.63) is 30.1 Å². The number of carbonyl (C=O) groups excluding carboxylic acids is 1. The van der Waals surface area contributed by atoms with Crippen molar-refractivity contribution in [2.45, 2.75) is 25.4 Å². The highest BCUT2D eigenvalue weighted by Crippen LogP contribution is 2.27.